The molecule has 4 atom stereocenters. The Bertz CT molecular complexity index is 1260. The summed E-state index contributed by atoms with van der Waals surface area (Å²) < 4.78 is 34.1. The SMILES string of the molecule is COc1cc(-c2ccc(-c3cnc(N(C4CC4)[C@H]4C[C@@H]5CCC[C@H](N5)[C@H]4F)nn3)c(O)c2)cnc1F. The van der Waals surface area contributed by atoms with Gasteiger partial charge in [-0.25, -0.2) is 14.4 Å². The minimum absolute atomic E-state index is 0.0197. The molecular weight excluding hydrogens is 466 g/mol. The van der Waals surface area contributed by atoms with Gasteiger partial charge in [0.1, 0.15) is 17.6 Å². The fourth-order valence-corrected chi connectivity index (χ4v) is 5.55. The van der Waals surface area contributed by atoms with Crippen LogP contribution in [0.5, 0.6) is 11.5 Å². The summed E-state index contributed by atoms with van der Waals surface area (Å²) in [4.78, 5) is 10.3. The van der Waals surface area contributed by atoms with Gasteiger partial charge in [0.2, 0.25) is 5.95 Å². The van der Waals surface area contributed by atoms with E-state index in [-0.39, 0.29) is 29.6 Å². The normalized spacial score (nSPS) is 25.4. The van der Waals surface area contributed by atoms with Gasteiger partial charge in [-0.15, -0.1) is 10.2 Å². The number of aromatic hydroxyl groups is 1. The smallest absolute Gasteiger partial charge is 0.255 e. The number of ether oxygens (including phenoxy) is 1. The Morgan fingerprint density at radius 1 is 1.06 bits per heavy atom. The zero-order valence-electron chi connectivity index (χ0n) is 19.9. The summed E-state index contributed by atoms with van der Waals surface area (Å²) in [6.45, 7) is 0. The number of phenolic OH excluding ortho intramolecular Hbond substituents is 1. The molecule has 1 aliphatic carbocycles. The van der Waals surface area contributed by atoms with Crippen LogP contribution in [-0.4, -0.2) is 62.7 Å². The molecule has 4 heterocycles. The van der Waals surface area contributed by atoms with Gasteiger partial charge in [-0.05, 0) is 55.9 Å². The highest BCUT2D eigenvalue weighted by Gasteiger charge is 2.47. The topological polar surface area (TPSA) is 96.3 Å². The van der Waals surface area contributed by atoms with Crippen LogP contribution in [-0.2, 0) is 0 Å². The Morgan fingerprint density at radius 3 is 2.64 bits per heavy atom. The Hall–Kier alpha value is -3.40. The molecule has 2 aliphatic heterocycles. The lowest BCUT2D eigenvalue weighted by atomic mass is 9.82. The van der Waals surface area contributed by atoms with Gasteiger partial charge in [-0.1, -0.05) is 12.5 Å². The van der Waals surface area contributed by atoms with Gasteiger partial charge in [0.05, 0.1) is 19.3 Å². The van der Waals surface area contributed by atoms with Crippen molar-refractivity contribution in [2.45, 2.75) is 68.9 Å². The van der Waals surface area contributed by atoms with Crippen molar-refractivity contribution in [3.05, 3.63) is 42.6 Å². The first-order chi connectivity index (χ1) is 17.5. The van der Waals surface area contributed by atoms with Gasteiger partial charge in [0, 0.05) is 35.4 Å². The van der Waals surface area contributed by atoms with Crippen LogP contribution in [0.3, 0.4) is 0 Å². The molecule has 36 heavy (non-hydrogen) atoms. The van der Waals surface area contributed by atoms with Crippen molar-refractivity contribution in [3.63, 3.8) is 0 Å². The first kappa shape index (κ1) is 23.0. The van der Waals surface area contributed by atoms with Crippen LogP contribution in [0.15, 0.2) is 36.7 Å². The molecule has 3 aliphatic rings. The Morgan fingerprint density at radius 2 is 1.92 bits per heavy atom. The average Bonchev–Trinajstić information content (AvgIpc) is 3.73. The number of hydrogen-bond donors (Lipinski definition) is 2. The molecule has 1 aromatic carbocycles. The van der Waals surface area contributed by atoms with Crippen LogP contribution in [0, 0.1) is 5.95 Å². The number of alkyl halides is 1. The summed E-state index contributed by atoms with van der Waals surface area (Å²) in [5.41, 5.74) is 2.12. The van der Waals surface area contributed by atoms with E-state index in [9.17, 15) is 9.50 Å². The van der Waals surface area contributed by atoms with Crippen molar-refractivity contribution in [3.8, 4) is 33.9 Å². The van der Waals surface area contributed by atoms with Crippen molar-refractivity contribution in [1.29, 1.82) is 0 Å². The molecule has 0 amide bonds. The van der Waals surface area contributed by atoms with Gasteiger partial charge in [0.15, 0.2) is 5.75 Å². The summed E-state index contributed by atoms with van der Waals surface area (Å²) in [7, 11) is 1.37. The number of benzene rings is 1. The third kappa shape index (κ3) is 4.23. The number of aromatic nitrogens is 4. The van der Waals surface area contributed by atoms with E-state index in [0.29, 0.717) is 34.4 Å². The second kappa shape index (κ2) is 9.24. The number of pyridine rings is 1. The van der Waals surface area contributed by atoms with Crippen molar-refractivity contribution in [1.82, 2.24) is 25.5 Å². The second-order valence-corrected chi connectivity index (χ2v) is 9.88. The molecule has 8 nitrogen and oxygen atoms in total. The number of anilines is 1. The highest BCUT2D eigenvalue weighted by Crippen LogP contribution is 2.39. The number of phenols is 1. The average molecular weight is 495 g/mol. The van der Waals surface area contributed by atoms with E-state index in [1.54, 1.807) is 24.4 Å². The lowest BCUT2D eigenvalue weighted by molar-refractivity contribution is 0.103. The van der Waals surface area contributed by atoms with Gasteiger partial charge in [-0.2, -0.15) is 4.39 Å². The molecule has 10 heteroatoms. The first-order valence-corrected chi connectivity index (χ1v) is 12.4. The van der Waals surface area contributed by atoms with Crippen LogP contribution in [0.25, 0.3) is 22.4 Å². The number of piperidine rings is 2. The largest absolute Gasteiger partial charge is 0.507 e. The fraction of sp³-hybridized carbons (Fsp3) is 0.462. The predicted octanol–water partition coefficient (Wildman–Crippen LogP) is 4.04. The molecule has 0 radical (unpaired) electrons. The van der Waals surface area contributed by atoms with Crippen LogP contribution < -0.4 is 15.0 Å². The Labute approximate surface area is 207 Å². The number of methoxy groups -OCH3 is 1. The van der Waals surface area contributed by atoms with Crippen molar-refractivity contribution >= 4 is 5.95 Å². The van der Waals surface area contributed by atoms with E-state index in [0.717, 1.165) is 38.5 Å². The van der Waals surface area contributed by atoms with Crippen molar-refractivity contribution in [2.75, 3.05) is 12.0 Å². The van der Waals surface area contributed by atoms with E-state index < -0.39 is 12.1 Å². The van der Waals surface area contributed by atoms with Gasteiger partial charge in [0.25, 0.3) is 5.95 Å². The first-order valence-electron chi connectivity index (χ1n) is 12.4. The van der Waals surface area contributed by atoms with Gasteiger partial charge < -0.3 is 20.1 Å². The number of hydrogen-bond acceptors (Lipinski definition) is 8. The molecule has 0 unspecified atom stereocenters. The predicted molar refractivity (Wildman–Crippen MR) is 130 cm³/mol. The molecule has 2 aromatic heterocycles. The monoisotopic (exact) mass is 494 g/mol. The molecule has 0 spiro atoms. The van der Waals surface area contributed by atoms with Crippen LogP contribution in [0.4, 0.5) is 14.7 Å². The zero-order chi connectivity index (χ0) is 24.8. The quantitative estimate of drug-likeness (QED) is 0.496. The second-order valence-electron chi connectivity index (χ2n) is 9.88. The maximum absolute atomic E-state index is 15.4. The lowest BCUT2D eigenvalue weighted by Crippen LogP contribution is -2.62. The molecule has 3 fully saturated rings. The number of rotatable bonds is 6. The molecule has 2 saturated heterocycles. The van der Waals surface area contributed by atoms with Crippen LogP contribution >= 0.6 is 0 Å². The third-order valence-corrected chi connectivity index (χ3v) is 7.51. The summed E-state index contributed by atoms with van der Waals surface area (Å²) >= 11 is 0. The zero-order valence-corrected chi connectivity index (χ0v) is 19.9. The Kier molecular flexibility index (Phi) is 5.91. The molecule has 2 bridgehead atoms. The maximum Gasteiger partial charge on any atom is 0.255 e. The van der Waals surface area contributed by atoms with E-state index >= 15 is 4.39 Å². The van der Waals surface area contributed by atoms with E-state index in [1.807, 2.05) is 4.90 Å². The third-order valence-electron chi connectivity index (χ3n) is 7.51. The number of nitrogens with zero attached hydrogens (tertiary/aromatic N) is 5. The lowest BCUT2D eigenvalue weighted by Gasteiger charge is -2.46. The summed E-state index contributed by atoms with van der Waals surface area (Å²) in [5.74, 6) is -0.256. The minimum Gasteiger partial charge on any atom is -0.507 e. The van der Waals surface area contributed by atoms with Gasteiger partial charge in [-0.3, -0.25) is 0 Å². The van der Waals surface area contributed by atoms with Crippen LogP contribution in [0.2, 0.25) is 0 Å². The number of halogens is 2. The molecule has 1 saturated carbocycles. The van der Waals surface area contributed by atoms with Crippen molar-refractivity contribution in [2.24, 2.45) is 0 Å². The summed E-state index contributed by atoms with van der Waals surface area (Å²) in [6.07, 6.45) is 7.73. The van der Waals surface area contributed by atoms with E-state index in [2.05, 4.69) is 25.5 Å². The van der Waals surface area contributed by atoms with Gasteiger partial charge >= 0.3 is 0 Å². The molecular formula is C26H28F2N6O2. The van der Waals surface area contributed by atoms with E-state index in [1.165, 1.54) is 19.4 Å². The standard InChI is InChI=1S/C26H28F2N6O2/c1-36-23-10-15(12-29-25(23)28)14-5-8-18(22(35)9-14)20-13-30-26(33-32-20)34(17-6-7-17)21-11-16-3-2-4-19(31-16)24(21)27/h5,8-10,12-13,16-17,19,21,24,31,35H,2-4,6-7,11H2,1H3/t16-,19-,21-,24+/m0/s1. The number of nitrogens with one attached hydrogen (secondary N) is 1. The molecule has 3 aromatic rings. The highest BCUT2D eigenvalue weighted by molar-refractivity contribution is 5.74. The maximum atomic E-state index is 15.4. The highest BCUT2D eigenvalue weighted by atomic mass is 19.1. The molecule has 6 rings (SSSR count). The summed E-state index contributed by atoms with van der Waals surface area (Å²) in [6, 6.07) is 6.77. The number of fused-ring (bicyclic) bond motifs is 2. The van der Waals surface area contributed by atoms with Crippen LogP contribution in [0.1, 0.15) is 38.5 Å². The molecule has 2 N–H and O–H groups in total. The molecule has 188 valence electrons. The Balaban J connectivity index is 1.25. The van der Waals surface area contributed by atoms with E-state index in [4.69, 9.17) is 4.74 Å². The summed E-state index contributed by atoms with van der Waals surface area (Å²) in [5, 5.41) is 22.9. The van der Waals surface area contributed by atoms with Crippen molar-refractivity contribution < 1.29 is 18.6 Å². The minimum atomic E-state index is -0.971. The fourth-order valence-electron chi connectivity index (χ4n) is 5.55.